The Morgan fingerprint density at radius 2 is 2.21 bits per heavy atom. The molecule has 3 heteroatoms. The number of nitrogens with zero attached hydrogens (tertiary/aromatic N) is 2. The molecule has 0 aromatic carbocycles. The first kappa shape index (κ1) is 11.0. The maximum atomic E-state index is 9.44. The second kappa shape index (κ2) is 4.42. The molecule has 1 atom stereocenters. The second-order valence-electron chi connectivity index (χ2n) is 3.59. The highest BCUT2D eigenvalue weighted by molar-refractivity contribution is 5.42. The highest BCUT2D eigenvalue weighted by atomic mass is 16.3. The van der Waals surface area contributed by atoms with Gasteiger partial charge in [-0.15, -0.1) is 0 Å². The first-order chi connectivity index (χ1) is 6.56. The van der Waals surface area contributed by atoms with E-state index in [1.807, 2.05) is 20.0 Å². The van der Waals surface area contributed by atoms with E-state index in [4.69, 9.17) is 0 Å². The van der Waals surface area contributed by atoms with E-state index in [-0.39, 0.29) is 0 Å². The lowest BCUT2D eigenvalue weighted by Crippen LogP contribution is -2.17. The van der Waals surface area contributed by atoms with Crippen LogP contribution in [0.2, 0.25) is 0 Å². The lowest BCUT2D eigenvalue weighted by molar-refractivity contribution is 0.198. The third-order valence-electron chi connectivity index (χ3n) is 2.45. The molecule has 14 heavy (non-hydrogen) atoms. The Morgan fingerprint density at radius 3 is 2.64 bits per heavy atom. The molecule has 0 saturated carbocycles. The van der Waals surface area contributed by atoms with Crippen LogP contribution in [-0.2, 0) is 0 Å². The minimum atomic E-state index is -0.441. The van der Waals surface area contributed by atoms with Gasteiger partial charge in [0.2, 0.25) is 0 Å². The number of aliphatic hydroxyl groups is 1. The number of aliphatic hydroxyl groups excluding tert-OH is 1. The number of aryl methyl sites for hydroxylation is 1. The van der Waals surface area contributed by atoms with Crippen molar-refractivity contribution < 1.29 is 5.11 Å². The highest BCUT2D eigenvalue weighted by Crippen LogP contribution is 2.19. The van der Waals surface area contributed by atoms with Gasteiger partial charge in [0, 0.05) is 25.4 Å². The van der Waals surface area contributed by atoms with E-state index in [9.17, 15) is 5.11 Å². The summed E-state index contributed by atoms with van der Waals surface area (Å²) < 4.78 is 0. The summed E-state index contributed by atoms with van der Waals surface area (Å²) in [5, 5.41) is 9.44. The van der Waals surface area contributed by atoms with Crippen LogP contribution in [0.25, 0.3) is 0 Å². The zero-order valence-electron chi connectivity index (χ0n) is 9.28. The molecule has 1 N–H and O–H groups in total. The number of aromatic nitrogens is 1. The van der Waals surface area contributed by atoms with Gasteiger partial charge in [-0.1, -0.05) is 0 Å². The molecule has 0 aliphatic heterocycles. The van der Waals surface area contributed by atoms with Gasteiger partial charge in [-0.3, -0.25) is 0 Å². The van der Waals surface area contributed by atoms with Crippen LogP contribution in [0.4, 0.5) is 5.82 Å². The number of hydrogen-bond donors (Lipinski definition) is 1. The molecule has 0 fully saturated rings. The van der Waals surface area contributed by atoms with Gasteiger partial charge in [0.05, 0.1) is 6.10 Å². The van der Waals surface area contributed by atoms with Gasteiger partial charge in [-0.2, -0.15) is 0 Å². The molecule has 0 amide bonds. The van der Waals surface area contributed by atoms with E-state index < -0.39 is 6.10 Å². The first-order valence-electron chi connectivity index (χ1n) is 4.92. The SMILES string of the molecule is CCN(C)c1cc(C)c([C@@H](C)O)cn1. The maximum absolute atomic E-state index is 9.44. The summed E-state index contributed by atoms with van der Waals surface area (Å²) in [7, 11) is 2.00. The largest absolute Gasteiger partial charge is 0.389 e. The number of hydrogen-bond acceptors (Lipinski definition) is 3. The van der Waals surface area contributed by atoms with Gasteiger partial charge >= 0.3 is 0 Å². The van der Waals surface area contributed by atoms with E-state index in [0.29, 0.717) is 0 Å². The molecule has 3 nitrogen and oxygen atoms in total. The Balaban J connectivity index is 3.00. The van der Waals surface area contributed by atoms with Gasteiger partial charge in [0.25, 0.3) is 0 Å². The first-order valence-corrected chi connectivity index (χ1v) is 4.92. The van der Waals surface area contributed by atoms with Crippen LogP contribution in [0.15, 0.2) is 12.3 Å². The molecule has 0 saturated heterocycles. The molecule has 0 bridgehead atoms. The maximum Gasteiger partial charge on any atom is 0.128 e. The smallest absolute Gasteiger partial charge is 0.128 e. The van der Waals surface area contributed by atoms with Crippen LogP contribution in [-0.4, -0.2) is 23.7 Å². The van der Waals surface area contributed by atoms with Crippen molar-refractivity contribution in [1.82, 2.24) is 4.98 Å². The average molecular weight is 194 g/mol. The van der Waals surface area contributed by atoms with Crippen molar-refractivity contribution in [2.75, 3.05) is 18.5 Å². The topological polar surface area (TPSA) is 36.4 Å². The van der Waals surface area contributed by atoms with E-state index in [1.165, 1.54) is 0 Å². The van der Waals surface area contributed by atoms with Crippen molar-refractivity contribution >= 4 is 5.82 Å². The van der Waals surface area contributed by atoms with Crippen molar-refractivity contribution in [3.05, 3.63) is 23.4 Å². The standard InChI is InChI=1S/C11H18N2O/c1-5-13(4)11-6-8(2)10(7-12-11)9(3)14/h6-7,9,14H,5H2,1-4H3/t9-/m1/s1. The molecule has 1 aromatic rings. The molecule has 78 valence electrons. The van der Waals surface area contributed by atoms with Crippen LogP contribution in [0.5, 0.6) is 0 Å². The minimum absolute atomic E-state index is 0.441. The molecular weight excluding hydrogens is 176 g/mol. The Kier molecular flexibility index (Phi) is 3.47. The predicted octanol–water partition coefficient (Wildman–Crippen LogP) is 1.90. The summed E-state index contributed by atoms with van der Waals surface area (Å²) in [5.74, 6) is 0.953. The number of anilines is 1. The molecular formula is C11H18N2O. The molecule has 1 aromatic heterocycles. The third-order valence-corrected chi connectivity index (χ3v) is 2.45. The molecule has 0 aliphatic rings. The van der Waals surface area contributed by atoms with Crippen molar-refractivity contribution in [2.45, 2.75) is 26.9 Å². The fraction of sp³-hybridized carbons (Fsp3) is 0.545. The Labute approximate surface area is 85.4 Å². The Bertz CT molecular complexity index is 310. The number of rotatable bonds is 3. The van der Waals surface area contributed by atoms with Crippen LogP contribution >= 0.6 is 0 Å². The summed E-state index contributed by atoms with van der Waals surface area (Å²) in [6, 6.07) is 2.01. The molecule has 0 spiro atoms. The van der Waals surface area contributed by atoms with E-state index in [1.54, 1.807) is 13.1 Å². The summed E-state index contributed by atoms with van der Waals surface area (Å²) in [5.41, 5.74) is 1.99. The van der Waals surface area contributed by atoms with E-state index in [2.05, 4.69) is 16.8 Å². The summed E-state index contributed by atoms with van der Waals surface area (Å²) in [4.78, 5) is 6.37. The van der Waals surface area contributed by atoms with E-state index in [0.717, 1.165) is 23.5 Å². The highest BCUT2D eigenvalue weighted by Gasteiger charge is 2.07. The lowest BCUT2D eigenvalue weighted by atomic mass is 10.1. The van der Waals surface area contributed by atoms with Crippen molar-refractivity contribution in [1.29, 1.82) is 0 Å². The second-order valence-corrected chi connectivity index (χ2v) is 3.59. The van der Waals surface area contributed by atoms with Crippen LogP contribution < -0.4 is 4.90 Å². The lowest BCUT2D eigenvalue weighted by Gasteiger charge is -2.17. The zero-order valence-corrected chi connectivity index (χ0v) is 9.28. The fourth-order valence-corrected chi connectivity index (χ4v) is 1.36. The van der Waals surface area contributed by atoms with Gasteiger partial charge in [-0.25, -0.2) is 4.98 Å². The van der Waals surface area contributed by atoms with Gasteiger partial charge in [0.15, 0.2) is 0 Å². The molecule has 0 unspecified atom stereocenters. The van der Waals surface area contributed by atoms with Gasteiger partial charge in [0.1, 0.15) is 5.82 Å². The average Bonchev–Trinajstić information content (AvgIpc) is 2.15. The van der Waals surface area contributed by atoms with Crippen molar-refractivity contribution in [3.8, 4) is 0 Å². The van der Waals surface area contributed by atoms with Crippen LogP contribution in [0, 0.1) is 6.92 Å². The predicted molar refractivity (Wildman–Crippen MR) is 58.6 cm³/mol. The molecule has 0 radical (unpaired) electrons. The Morgan fingerprint density at radius 1 is 1.57 bits per heavy atom. The van der Waals surface area contributed by atoms with Crippen molar-refractivity contribution in [2.24, 2.45) is 0 Å². The Hall–Kier alpha value is -1.09. The fourth-order valence-electron chi connectivity index (χ4n) is 1.36. The molecule has 1 heterocycles. The van der Waals surface area contributed by atoms with E-state index >= 15 is 0 Å². The molecule has 0 aliphatic carbocycles. The van der Waals surface area contributed by atoms with Gasteiger partial charge < -0.3 is 10.0 Å². The monoisotopic (exact) mass is 194 g/mol. The van der Waals surface area contributed by atoms with Crippen molar-refractivity contribution in [3.63, 3.8) is 0 Å². The van der Waals surface area contributed by atoms with Gasteiger partial charge in [-0.05, 0) is 32.4 Å². The van der Waals surface area contributed by atoms with Crippen LogP contribution in [0.1, 0.15) is 31.1 Å². The van der Waals surface area contributed by atoms with Crippen LogP contribution in [0.3, 0.4) is 0 Å². The minimum Gasteiger partial charge on any atom is -0.389 e. The zero-order chi connectivity index (χ0) is 10.7. The quantitative estimate of drug-likeness (QED) is 0.798. The molecule has 1 rings (SSSR count). The number of pyridine rings is 1. The normalized spacial score (nSPS) is 12.6. The summed E-state index contributed by atoms with van der Waals surface area (Å²) in [6.45, 7) is 6.77. The summed E-state index contributed by atoms with van der Waals surface area (Å²) >= 11 is 0. The third kappa shape index (κ3) is 2.23. The summed E-state index contributed by atoms with van der Waals surface area (Å²) in [6.07, 6.45) is 1.31.